The van der Waals surface area contributed by atoms with Crippen molar-refractivity contribution in [3.05, 3.63) is 28.8 Å². The molecule has 2 aliphatic heterocycles. The molecule has 0 bridgehead atoms. The van der Waals surface area contributed by atoms with Crippen molar-refractivity contribution in [3.8, 4) is 11.3 Å². The van der Waals surface area contributed by atoms with Crippen molar-refractivity contribution in [3.63, 3.8) is 0 Å². The predicted octanol–water partition coefficient (Wildman–Crippen LogP) is 5.72. The first-order valence-electron chi connectivity index (χ1n) is 10.1. The first-order valence-corrected chi connectivity index (χ1v) is 13.9. The molecule has 0 aromatic carbocycles. The van der Waals surface area contributed by atoms with Gasteiger partial charge in [-0.05, 0) is 54.8 Å². The fraction of sp³-hybridized carbons (Fsp3) is 0.667. The van der Waals surface area contributed by atoms with Crippen LogP contribution in [-0.2, 0) is 9.16 Å². The van der Waals surface area contributed by atoms with Crippen molar-refractivity contribution in [1.82, 2.24) is 9.55 Å². The molecule has 2 atom stereocenters. The third-order valence-corrected chi connectivity index (χ3v) is 12.3. The summed E-state index contributed by atoms with van der Waals surface area (Å²) in [5.74, 6) is 0.587. The van der Waals surface area contributed by atoms with Crippen molar-refractivity contribution < 1.29 is 9.16 Å². The number of hydrogen-bond acceptors (Lipinski definition) is 4. The number of thiophene rings is 1. The summed E-state index contributed by atoms with van der Waals surface area (Å²) in [6.45, 7) is 13.5. The molecular weight excluding hydrogens is 372 g/mol. The molecule has 4 heterocycles. The Hall–Kier alpha value is -0.953. The largest absolute Gasteiger partial charge is 0.414 e. The van der Waals surface area contributed by atoms with E-state index in [2.05, 4.69) is 54.9 Å². The van der Waals surface area contributed by atoms with Crippen molar-refractivity contribution >= 4 is 19.7 Å². The highest BCUT2D eigenvalue weighted by atomic mass is 32.1. The molecule has 27 heavy (non-hydrogen) atoms. The Morgan fingerprint density at radius 1 is 1.33 bits per heavy atom. The number of fused-ring (bicyclic) bond motifs is 3. The third-order valence-electron chi connectivity index (χ3n) is 6.78. The third kappa shape index (κ3) is 3.57. The Bertz CT molecular complexity index is 746. The van der Waals surface area contributed by atoms with Crippen LogP contribution in [0, 0.1) is 5.92 Å². The van der Waals surface area contributed by atoms with E-state index in [0.29, 0.717) is 12.0 Å². The van der Waals surface area contributed by atoms with E-state index in [1.165, 1.54) is 16.1 Å². The second-order valence-electron chi connectivity index (χ2n) is 9.50. The van der Waals surface area contributed by atoms with Crippen LogP contribution in [0.15, 0.2) is 24.0 Å². The molecule has 0 radical (unpaired) electrons. The van der Waals surface area contributed by atoms with Gasteiger partial charge in [-0.15, -0.1) is 11.3 Å². The normalized spacial score (nSPS) is 21.9. The monoisotopic (exact) mass is 404 g/mol. The lowest BCUT2D eigenvalue weighted by Crippen LogP contribution is -2.47. The van der Waals surface area contributed by atoms with E-state index in [9.17, 15) is 0 Å². The van der Waals surface area contributed by atoms with Gasteiger partial charge in [0.15, 0.2) is 8.32 Å². The van der Waals surface area contributed by atoms with Gasteiger partial charge in [-0.2, -0.15) is 0 Å². The molecule has 148 valence electrons. The highest BCUT2D eigenvalue weighted by molar-refractivity contribution is 7.10. The standard InChI is InChI=1S/C21H32N2O2SSi/c1-21(2,3)27(4,5)25-19(15-6-9-24-10-7-15)12-17-20-16(8-11-26-20)18-13-22-14-23(17)18/h8,11,13-15,17,19H,6-7,9-10,12H2,1-5H3/t17?,19-/m0/s1. The molecule has 0 spiro atoms. The van der Waals surface area contributed by atoms with Crippen LogP contribution in [0.3, 0.4) is 0 Å². The van der Waals surface area contributed by atoms with Crippen LogP contribution in [0.2, 0.25) is 18.1 Å². The maximum Gasteiger partial charge on any atom is 0.192 e. The van der Waals surface area contributed by atoms with Crippen LogP contribution in [0.5, 0.6) is 0 Å². The van der Waals surface area contributed by atoms with Crippen LogP contribution in [0.4, 0.5) is 0 Å². The number of hydrogen-bond donors (Lipinski definition) is 0. The Morgan fingerprint density at radius 3 is 2.78 bits per heavy atom. The van der Waals surface area contributed by atoms with E-state index >= 15 is 0 Å². The lowest BCUT2D eigenvalue weighted by atomic mass is 9.89. The molecular formula is C21H32N2O2SSi. The van der Waals surface area contributed by atoms with Crippen LogP contribution < -0.4 is 0 Å². The summed E-state index contributed by atoms with van der Waals surface area (Å²) in [5, 5.41) is 2.44. The topological polar surface area (TPSA) is 36.3 Å². The summed E-state index contributed by atoms with van der Waals surface area (Å²) < 4.78 is 15.1. The zero-order valence-electron chi connectivity index (χ0n) is 17.2. The summed E-state index contributed by atoms with van der Waals surface area (Å²) in [5.41, 5.74) is 2.62. The Morgan fingerprint density at radius 2 is 2.07 bits per heavy atom. The zero-order valence-corrected chi connectivity index (χ0v) is 19.0. The van der Waals surface area contributed by atoms with E-state index in [-0.39, 0.29) is 11.1 Å². The number of aromatic nitrogens is 2. The molecule has 1 fully saturated rings. The van der Waals surface area contributed by atoms with Gasteiger partial charge in [0.2, 0.25) is 0 Å². The summed E-state index contributed by atoms with van der Waals surface area (Å²) in [6, 6.07) is 2.60. The van der Waals surface area contributed by atoms with Crippen molar-refractivity contribution in [2.24, 2.45) is 5.92 Å². The number of imidazole rings is 1. The number of rotatable bonds is 5. The molecule has 1 unspecified atom stereocenters. The van der Waals surface area contributed by atoms with Gasteiger partial charge in [0.1, 0.15) is 0 Å². The Labute approximate surface area is 168 Å². The van der Waals surface area contributed by atoms with E-state index in [1.54, 1.807) is 0 Å². The van der Waals surface area contributed by atoms with Gasteiger partial charge in [0, 0.05) is 23.7 Å². The molecule has 0 aliphatic carbocycles. The Kier molecular flexibility index (Phi) is 5.12. The van der Waals surface area contributed by atoms with Gasteiger partial charge in [-0.3, -0.25) is 0 Å². The summed E-state index contributed by atoms with van der Waals surface area (Å²) >= 11 is 1.88. The van der Waals surface area contributed by atoms with Crippen LogP contribution in [0.25, 0.3) is 11.3 Å². The zero-order chi connectivity index (χ0) is 19.2. The van der Waals surface area contributed by atoms with E-state index in [4.69, 9.17) is 9.16 Å². The van der Waals surface area contributed by atoms with Crippen LogP contribution >= 0.6 is 11.3 Å². The minimum atomic E-state index is -1.84. The molecule has 4 rings (SSSR count). The second kappa shape index (κ2) is 7.14. The predicted molar refractivity (Wildman–Crippen MR) is 114 cm³/mol. The van der Waals surface area contributed by atoms with Gasteiger partial charge in [0.05, 0.1) is 30.4 Å². The SMILES string of the molecule is CC(C)(C)[Si](C)(C)O[C@@H](CC1c2sccc2-c2cncn21)C1CCOCC1. The molecule has 0 amide bonds. The highest BCUT2D eigenvalue weighted by Gasteiger charge is 2.42. The molecule has 0 saturated carbocycles. The van der Waals surface area contributed by atoms with Gasteiger partial charge >= 0.3 is 0 Å². The maximum absolute atomic E-state index is 7.04. The lowest BCUT2D eigenvalue weighted by Gasteiger charge is -2.43. The molecule has 0 N–H and O–H groups in total. The fourth-order valence-electron chi connectivity index (χ4n) is 4.10. The molecule has 2 aromatic heterocycles. The molecule has 2 aliphatic rings. The van der Waals surface area contributed by atoms with Crippen LogP contribution in [0.1, 0.15) is 51.0 Å². The van der Waals surface area contributed by atoms with E-state index in [0.717, 1.165) is 32.5 Å². The molecule has 6 heteroatoms. The van der Waals surface area contributed by atoms with Gasteiger partial charge in [0.25, 0.3) is 0 Å². The quantitative estimate of drug-likeness (QED) is 0.598. The lowest BCUT2D eigenvalue weighted by molar-refractivity contribution is 0.00685. The van der Waals surface area contributed by atoms with Crippen molar-refractivity contribution in [1.29, 1.82) is 0 Å². The fourth-order valence-corrected chi connectivity index (χ4v) is 6.52. The highest BCUT2D eigenvalue weighted by Crippen LogP contribution is 2.47. The van der Waals surface area contributed by atoms with Crippen molar-refractivity contribution in [2.45, 2.75) is 70.3 Å². The minimum Gasteiger partial charge on any atom is -0.414 e. The molecule has 2 aromatic rings. The van der Waals surface area contributed by atoms with E-state index in [1.807, 2.05) is 23.9 Å². The smallest absolute Gasteiger partial charge is 0.192 e. The minimum absolute atomic E-state index is 0.223. The second-order valence-corrected chi connectivity index (χ2v) is 15.2. The maximum atomic E-state index is 7.04. The molecule has 4 nitrogen and oxygen atoms in total. The summed E-state index contributed by atoms with van der Waals surface area (Å²) in [4.78, 5) is 5.90. The van der Waals surface area contributed by atoms with Gasteiger partial charge in [-0.1, -0.05) is 20.8 Å². The molecule has 1 saturated heterocycles. The van der Waals surface area contributed by atoms with Gasteiger partial charge in [-0.25, -0.2) is 4.98 Å². The summed E-state index contributed by atoms with van der Waals surface area (Å²) in [7, 11) is -1.84. The Balaban J connectivity index is 1.62. The first-order chi connectivity index (χ1) is 12.8. The summed E-state index contributed by atoms with van der Waals surface area (Å²) in [6.07, 6.45) is 7.54. The average Bonchev–Trinajstić information content (AvgIpc) is 3.30. The van der Waals surface area contributed by atoms with Crippen LogP contribution in [-0.4, -0.2) is 37.2 Å². The number of nitrogens with zero attached hydrogens (tertiary/aromatic N) is 2. The van der Waals surface area contributed by atoms with Crippen molar-refractivity contribution in [2.75, 3.05) is 13.2 Å². The first kappa shape index (κ1) is 19.4. The number of ether oxygens (including phenoxy) is 1. The average molecular weight is 405 g/mol. The van der Waals surface area contributed by atoms with E-state index < -0.39 is 8.32 Å². The van der Waals surface area contributed by atoms with Gasteiger partial charge < -0.3 is 13.7 Å².